The fourth-order valence-electron chi connectivity index (χ4n) is 5.19. The molecular formula is C30H36N2O7. The quantitative estimate of drug-likeness (QED) is 0.212. The summed E-state index contributed by atoms with van der Waals surface area (Å²) in [7, 11) is 0. The largest absolute Gasteiger partial charge is 0.507 e. The number of Topliss-reactive ketones (excluding diaryl/α,β-unsaturated/α-hetero) is 1. The zero-order valence-corrected chi connectivity index (χ0v) is 22.4. The van der Waals surface area contributed by atoms with Crippen LogP contribution in [0.4, 0.5) is 0 Å². The maximum absolute atomic E-state index is 13.5. The molecule has 2 aromatic carbocycles. The molecule has 1 unspecified atom stereocenters. The number of ketones is 1. The fraction of sp³-hybridized carbons (Fsp3) is 0.467. The summed E-state index contributed by atoms with van der Waals surface area (Å²) in [5.74, 6) is 0.171. The first kappa shape index (κ1) is 27.0. The second kappa shape index (κ2) is 12.5. The molecule has 1 atom stereocenters. The van der Waals surface area contributed by atoms with Gasteiger partial charge in [0.1, 0.15) is 24.7 Å². The average Bonchev–Trinajstić information content (AvgIpc) is 3.23. The van der Waals surface area contributed by atoms with Gasteiger partial charge in [-0.1, -0.05) is 31.9 Å². The molecule has 3 heterocycles. The molecule has 9 heteroatoms. The number of hydrogen-bond acceptors (Lipinski definition) is 8. The molecule has 0 saturated carbocycles. The van der Waals surface area contributed by atoms with Crippen LogP contribution in [0.3, 0.4) is 0 Å². The Kier molecular flexibility index (Phi) is 8.68. The third kappa shape index (κ3) is 6.04. The van der Waals surface area contributed by atoms with Crippen molar-refractivity contribution in [2.75, 3.05) is 59.2 Å². The third-order valence-corrected chi connectivity index (χ3v) is 7.31. The lowest BCUT2D eigenvalue weighted by Crippen LogP contribution is -2.42. The van der Waals surface area contributed by atoms with Crippen LogP contribution in [0, 0.1) is 0 Å². The lowest BCUT2D eigenvalue weighted by Gasteiger charge is -2.31. The number of rotatable bonds is 10. The van der Waals surface area contributed by atoms with Gasteiger partial charge in [0.2, 0.25) is 0 Å². The lowest BCUT2D eigenvalue weighted by molar-refractivity contribution is -0.140. The first-order chi connectivity index (χ1) is 19.1. The Morgan fingerprint density at radius 3 is 2.56 bits per heavy atom. The number of aliphatic hydroxyl groups is 1. The smallest absolute Gasteiger partial charge is 0.295 e. The summed E-state index contributed by atoms with van der Waals surface area (Å²) in [4.78, 5) is 30.6. The second-order valence-corrected chi connectivity index (χ2v) is 9.93. The van der Waals surface area contributed by atoms with E-state index in [-0.39, 0.29) is 11.3 Å². The van der Waals surface area contributed by atoms with Crippen LogP contribution >= 0.6 is 0 Å². The maximum atomic E-state index is 13.5. The van der Waals surface area contributed by atoms with Crippen molar-refractivity contribution in [3.8, 4) is 17.2 Å². The molecule has 0 aromatic heterocycles. The lowest BCUT2D eigenvalue weighted by atomic mass is 9.95. The summed E-state index contributed by atoms with van der Waals surface area (Å²) in [5, 5.41) is 11.5. The highest BCUT2D eigenvalue weighted by Gasteiger charge is 2.46. The molecule has 208 valence electrons. The van der Waals surface area contributed by atoms with Crippen molar-refractivity contribution >= 4 is 17.4 Å². The zero-order valence-electron chi connectivity index (χ0n) is 22.4. The number of aliphatic hydroxyl groups excluding tert-OH is 1. The highest BCUT2D eigenvalue weighted by Crippen LogP contribution is 2.41. The van der Waals surface area contributed by atoms with E-state index < -0.39 is 17.7 Å². The van der Waals surface area contributed by atoms with Crippen molar-refractivity contribution in [1.82, 2.24) is 9.80 Å². The minimum atomic E-state index is -0.751. The fourth-order valence-corrected chi connectivity index (χ4v) is 5.19. The van der Waals surface area contributed by atoms with Gasteiger partial charge in [0.15, 0.2) is 11.5 Å². The van der Waals surface area contributed by atoms with Gasteiger partial charge < -0.3 is 29.0 Å². The van der Waals surface area contributed by atoms with E-state index in [9.17, 15) is 14.7 Å². The summed E-state index contributed by atoms with van der Waals surface area (Å²) in [6, 6.07) is 11.7. The van der Waals surface area contributed by atoms with Crippen LogP contribution in [0.2, 0.25) is 0 Å². The Morgan fingerprint density at radius 1 is 0.974 bits per heavy atom. The molecule has 9 nitrogen and oxygen atoms in total. The Balaban J connectivity index is 1.49. The van der Waals surface area contributed by atoms with Crippen molar-refractivity contribution in [3.05, 3.63) is 59.2 Å². The van der Waals surface area contributed by atoms with Gasteiger partial charge in [-0.3, -0.25) is 14.5 Å². The van der Waals surface area contributed by atoms with E-state index in [4.69, 9.17) is 18.9 Å². The number of ether oxygens (including phenoxy) is 4. The maximum Gasteiger partial charge on any atom is 0.295 e. The molecule has 2 saturated heterocycles. The molecule has 0 bridgehead atoms. The van der Waals surface area contributed by atoms with E-state index in [1.807, 2.05) is 24.3 Å². The van der Waals surface area contributed by atoms with Crippen molar-refractivity contribution in [2.24, 2.45) is 0 Å². The van der Waals surface area contributed by atoms with Gasteiger partial charge in [0.25, 0.3) is 11.7 Å². The number of amides is 1. The number of unbranched alkanes of at least 4 members (excludes halogenated alkanes) is 2. The number of carbonyl (C=O) groups is 2. The van der Waals surface area contributed by atoms with E-state index >= 15 is 0 Å². The van der Waals surface area contributed by atoms with E-state index in [1.54, 1.807) is 23.1 Å². The summed E-state index contributed by atoms with van der Waals surface area (Å²) in [5.41, 5.74) is 1.16. The second-order valence-electron chi connectivity index (χ2n) is 9.93. The van der Waals surface area contributed by atoms with E-state index in [0.29, 0.717) is 74.5 Å². The van der Waals surface area contributed by atoms with Crippen molar-refractivity contribution in [1.29, 1.82) is 0 Å². The van der Waals surface area contributed by atoms with Crippen LogP contribution < -0.4 is 14.2 Å². The molecule has 2 aromatic rings. The Bertz CT molecular complexity index is 1220. The van der Waals surface area contributed by atoms with Gasteiger partial charge in [-0.2, -0.15) is 0 Å². The van der Waals surface area contributed by atoms with Crippen molar-refractivity contribution in [3.63, 3.8) is 0 Å². The third-order valence-electron chi connectivity index (χ3n) is 7.31. The molecule has 5 rings (SSSR count). The SMILES string of the molecule is CCCCCOc1cccc(C2/C(=C(\O)c3ccc4c(c3)OCCO4)C(=O)C(=O)N2CCN2CCOCC2)c1. The number of benzene rings is 2. The minimum Gasteiger partial charge on any atom is -0.507 e. The molecule has 1 amide bonds. The summed E-state index contributed by atoms with van der Waals surface area (Å²) < 4.78 is 22.7. The number of morpholine rings is 1. The highest BCUT2D eigenvalue weighted by atomic mass is 16.6. The van der Waals surface area contributed by atoms with E-state index in [2.05, 4.69) is 11.8 Å². The van der Waals surface area contributed by atoms with Crippen LogP contribution in [-0.4, -0.2) is 85.8 Å². The molecule has 1 N–H and O–H groups in total. The predicted molar refractivity (Wildman–Crippen MR) is 145 cm³/mol. The van der Waals surface area contributed by atoms with Crippen molar-refractivity contribution in [2.45, 2.75) is 32.2 Å². The summed E-state index contributed by atoms with van der Waals surface area (Å²) in [6.07, 6.45) is 3.13. The van der Waals surface area contributed by atoms with Crippen LogP contribution in [-0.2, 0) is 14.3 Å². The normalized spacial score (nSPS) is 20.8. The first-order valence-electron chi connectivity index (χ1n) is 13.8. The number of nitrogens with zero attached hydrogens (tertiary/aromatic N) is 2. The molecular weight excluding hydrogens is 500 g/mol. The van der Waals surface area contributed by atoms with Gasteiger partial charge in [-0.15, -0.1) is 0 Å². The Morgan fingerprint density at radius 2 is 1.77 bits per heavy atom. The van der Waals surface area contributed by atoms with Crippen LogP contribution in [0.1, 0.15) is 43.4 Å². The van der Waals surface area contributed by atoms with Crippen LogP contribution in [0.5, 0.6) is 17.2 Å². The number of hydrogen-bond donors (Lipinski definition) is 1. The van der Waals surface area contributed by atoms with Crippen LogP contribution in [0.15, 0.2) is 48.0 Å². The van der Waals surface area contributed by atoms with Crippen molar-refractivity contribution < 1.29 is 33.6 Å². The summed E-state index contributed by atoms with van der Waals surface area (Å²) in [6.45, 7) is 7.35. The first-order valence-corrected chi connectivity index (χ1v) is 13.8. The molecule has 3 aliphatic heterocycles. The molecule has 0 spiro atoms. The van der Waals surface area contributed by atoms with E-state index in [0.717, 1.165) is 32.4 Å². The van der Waals surface area contributed by atoms with Gasteiger partial charge in [0, 0.05) is 31.7 Å². The number of carbonyl (C=O) groups excluding carboxylic acids is 2. The Labute approximate surface area is 228 Å². The standard InChI is InChI=1S/C30H36N2O7/c1-2-3-4-14-37-23-7-5-6-21(19-23)27-26(28(33)22-8-9-24-25(20-22)39-18-17-38-24)29(34)30(35)32(27)11-10-31-12-15-36-16-13-31/h5-9,19-20,27,33H,2-4,10-18H2,1H3/b28-26+. The van der Waals surface area contributed by atoms with E-state index in [1.165, 1.54) is 0 Å². The molecule has 0 aliphatic carbocycles. The number of fused-ring (bicyclic) bond motifs is 1. The topological polar surface area (TPSA) is 97.8 Å². The number of likely N-dealkylation sites (tertiary alicyclic amines) is 1. The monoisotopic (exact) mass is 536 g/mol. The molecule has 3 aliphatic rings. The Hall–Kier alpha value is -3.56. The van der Waals surface area contributed by atoms with Gasteiger partial charge >= 0.3 is 0 Å². The van der Waals surface area contributed by atoms with Gasteiger partial charge in [-0.05, 0) is 42.3 Å². The van der Waals surface area contributed by atoms with Gasteiger partial charge in [-0.25, -0.2) is 0 Å². The zero-order chi connectivity index (χ0) is 27.2. The summed E-state index contributed by atoms with van der Waals surface area (Å²) >= 11 is 0. The van der Waals surface area contributed by atoms with Gasteiger partial charge in [0.05, 0.1) is 31.4 Å². The molecule has 0 radical (unpaired) electrons. The molecule has 39 heavy (non-hydrogen) atoms. The minimum absolute atomic E-state index is 0.0572. The predicted octanol–water partition coefficient (Wildman–Crippen LogP) is 3.78. The van der Waals surface area contributed by atoms with Crippen LogP contribution in [0.25, 0.3) is 5.76 Å². The average molecular weight is 537 g/mol. The highest BCUT2D eigenvalue weighted by molar-refractivity contribution is 6.46. The molecule has 2 fully saturated rings.